The topological polar surface area (TPSA) is 39.1 Å². The number of piperidine rings is 1. The highest BCUT2D eigenvalue weighted by Gasteiger charge is 2.39. The predicted molar refractivity (Wildman–Crippen MR) is 67.5 cm³/mol. The second kappa shape index (κ2) is 4.26. The molecule has 3 rings (SSSR count). The predicted octanol–water partition coefficient (Wildman–Crippen LogP) is 1.90. The van der Waals surface area contributed by atoms with Crippen molar-refractivity contribution in [3.8, 4) is 6.07 Å². The van der Waals surface area contributed by atoms with Crippen LogP contribution in [0, 0.1) is 17.2 Å². The fourth-order valence-electron chi connectivity index (χ4n) is 3.51. The zero-order chi connectivity index (χ0) is 11.9. The van der Waals surface area contributed by atoms with Crippen LogP contribution in [0.3, 0.4) is 0 Å². The third kappa shape index (κ3) is 2.48. The normalized spacial score (nSPS) is 35.8. The number of hydrogen-bond acceptors (Lipinski definition) is 3. The molecule has 3 unspecified atom stereocenters. The lowest BCUT2D eigenvalue weighted by Crippen LogP contribution is -2.46. The van der Waals surface area contributed by atoms with Gasteiger partial charge in [-0.15, -0.1) is 0 Å². The summed E-state index contributed by atoms with van der Waals surface area (Å²) in [5.74, 6) is 0.963. The Morgan fingerprint density at radius 1 is 1.35 bits per heavy atom. The third-order valence-electron chi connectivity index (χ3n) is 4.77. The Morgan fingerprint density at radius 3 is 2.71 bits per heavy atom. The molecule has 1 heterocycles. The average molecular weight is 233 g/mol. The van der Waals surface area contributed by atoms with Crippen molar-refractivity contribution >= 4 is 0 Å². The number of hydrogen-bond donors (Lipinski definition) is 1. The van der Waals surface area contributed by atoms with Gasteiger partial charge in [0, 0.05) is 25.2 Å². The first kappa shape index (κ1) is 11.5. The summed E-state index contributed by atoms with van der Waals surface area (Å²) in [4.78, 5) is 2.62. The maximum Gasteiger partial charge on any atom is 0.105 e. The molecular formula is C14H23N3. The molecule has 3 aliphatic rings. The van der Waals surface area contributed by atoms with Gasteiger partial charge in [0.1, 0.15) is 5.54 Å². The molecule has 0 aromatic carbocycles. The van der Waals surface area contributed by atoms with Crippen molar-refractivity contribution in [2.24, 2.45) is 5.92 Å². The molecule has 94 valence electrons. The second-order valence-corrected chi connectivity index (χ2v) is 6.44. The third-order valence-corrected chi connectivity index (χ3v) is 4.77. The summed E-state index contributed by atoms with van der Waals surface area (Å²) in [6.45, 7) is 4.46. The molecule has 17 heavy (non-hydrogen) atoms. The summed E-state index contributed by atoms with van der Waals surface area (Å²) < 4.78 is 0. The van der Waals surface area contributed by atoms with Crippen LogP contribution in [0.25, 0.3) is 0 Å². The number of nitrogens with zero attached hydrogens (tertiary/aromatic N) is 2. The smallest absolute Gasteiger partial charge is 0.105 e. The van der Waals surface area contributed by atoms with E-state index in [0.29, 0.717) is 6.04 Å². The summed E-state index contributed by atoms with van der Waals surface area (Å²) in [5.41, 5.74) is -0.303. The van der Waals surface area contributed by atoms with Gasteiger partial charge in [-0.05, 0) is 51.4 Å². The number of fused-ring (bicyclic) bond motifs is 2. The summed E-state index contributed by atoms with van der Waals surface area (Å²) >= 11 is 0. The minimum absolute atomic E-state index is 0.303. The quantitative estimate of drug-likeness (QED) is 0.788. The number of likely N-dealkylation sites (tertiary alicyclic amines) is 1. The van der Waals surface area contributed by atoms with E-state index in [9.17, 15) is 5.26 Å². The first-order valence-corrected chi connectivity index (χ1v) is 7.11. The highest BCUT2D eigenvalue weighted by molar-refractivity contribution is 5.08. The van der Waals surface area contributed by atoms with Gasteiger partial charge in [-0.3, -0.25) is 10.2 Å². The van der Waals surface area contributed by atoms with Gasteiger partial charge in [0.05, 0.1) is 6.07 Å². The van der Waals surface area contributed by atoms with E-state index >= 15 is 0 Å². The number of rotatable bonds is 5. The van der Waals surface area contributed by atoms with Crippen LogP contribution in [0.1, 0.15) is 45.4 Å². The van der Waals surface area contributed by atoms with Crippen molar-refractivity contribution in [1.29, 1.82) is 5.26 Å². The minimum Gasteiger partial charge on any atom is -0.300 e. The maximum absolute atomic E-state index is 9.34. The molecule has 1 N–H and O–H groups in total. The highest BCUT2D eigenvalue weighted by Crippen LogP contribution is 2.37. The molecule has 3 heteroatoms. The average Bonchev–Trinajstić information content (AvgIpc) is 2.90. The molecule has 0 aromatic rings. The molecule has 0 aromatic heterocycles. The van der Waals surface area contributed by atoms with Crippen LogP contribution in [0.4, 0.5) is 0 Å². The van der Waals surface area contributed by atoms with Crippen molar-refractivity contribution in [2.45, 2.75) is 63.1 Å². The molecular weight excluding hydrogens is 210 g/mol. The summed E-state index contributed by atoms with van der Waals surface area (Å²) in [6.07, 6.45) is 7.74. The van der Waals surface area contributed by atoms with E-state index in [-0.39, 0.29) is 5.54 Å². The molecule has 2 bridgehead atoms. The zero-order valence-electron chi connectivity index (χ0n) is 10.8. The van der Waals surface area contributed by atoms with Crippen molar-refractivity contribution in [3.63, 3.8) is 0 Å². The van der Waals surface area contributed by atoms with Crippen molar-refractivity contribution < 1.29 is 0 Å². The lowest BCUT2D eigenvalue weighted by Gasteiger charge is -2.31. The van der Waals surface area contributed by atoms with Crippen molar-refractivity contribution in [3.05, 3.63) is 0 Å². The SMILES string of the molecule is CC(C#N)(CCN1CC2CCC1C2)NC1CC1. The lowest BCUT2D eigenvalue weighted by atomic mass is 9.98. The van der Waals surface area contributed by atoms with E-state index in [2.05, 4.69) is 23.2 Å². The van der Waals surface area contributed by atoms with E-state index in [1.807, 2.05) is 0 Å². The van der Waals surface area contributed by atoms with Gasteiger partial charge in [-0.1, -0.05) is 0 Å². The number of nitriles is 1. The summed E-state index contributed by atoms with van der Waals surface area (Å²) in [5, 5.41) is 12.8. The standard InChI is InChI=1S/C14H23N3/c1-14(10-15,16-12-3-4-12)6-7-17-9-11-2-5-13(17)8-11/h11-13,16H,2-9H2,1H3. The van der Waals surface area contributed by atoms with Crippen LogP contribution >= 0.6 is 0 Å². The Bertz CT molecular complexity index is 331. The van der Waals surface area contributed by atoms with Crippen molar-refractivity contribution in [1.82, 2.24) is 10.2 Å². The molecule has 2 aliphatic carbocycles. The van der Waals surface area contributed by atoms with E-state index in [1.54, 1.807) is 0 Å². The monoisotopic (exact) mass is 233 g/mol. The van der Waals surface area contributed by atoms with E-state index < -0.39 is 0 Å². The van der Waals surface area contributed by atoms with Crippen molar-refractivity contribution in [2.75, 3.05) is 13.1 Å². The molecule has 3 nitrogen and oxygen atoms in total. The Morgan fingerprint density at radius 2 is 2.18 bits per heavy atom. The molecule has 3 atom stereocenters. The van der Waals surface area contributed by atoms with Crippen LogP contribution in [0.15, 0.2) is 0 Å². The minimum atomic E-state index is -0.303. The van der Waals surface area contributed by atoms with Gasteiger partial charge in [0.25, 0.3) is 0 Å². The Balaban J connectivity index is 1.50. The fraction of sp³-hybridized carbons (Fsp3) is 0.929. The first-order valence-electron chi connectivity index (χ1n) is 7.11. The zero-order valence-corrected chi connectivity index (χ0v) is 10.8. The van der Waals surface area contributed by atoms with Crippen LogP contribution in [0.5, 0.6) is 0 Å². The molecule has 1 saturated heterocycles. The van der Waals surface area contributed by atoms with Gasteiger partial charge >= 0.3 is 0 Å². The second-order valence-electron chi connectivity index (χ2n) is 6.44. The van der Waals surface area contributed by atoms with Gasteiger partial charge in [0.2, 0.25) is 0 Å². The van der Waals surface area contributed by atoms with E-state index in [1.165, 1.54) is 38.6 Å². The van der Waals surface area contributed by atoms with E-state index in [0.717, 1.165) is 24.9 Å². The molecule has 1 aliphatic heterocycles. The van der Waals surface area contributed by atoms with Gasteiger partial charge in [-0.25, -0.2) is 0 Å². The van der Waals surface area contributed by atoms with Crippen LogP contribution < -0.4 is 5.32 Å². The molecule has 0 radical (unpaired) electrons. The van der Waals surface area contributed by atoms with Crippen LogP contribution in [-0.4, -0.2) is 35.6 Å². The molecule has 0 amide bonds. The summed E-state index contributed by atoms with van der Waals surface area (Å²) in [6, 6.07) is 3.94. The Kier molecular flexibility index (Phi) is 2.88. The largest absolute Gasteiger partial charge is 0.300 e. The van der Waals surface area contributed by atoms with E-state index in [4.69, 9.17) is 0 Å². The first-order chi connectivity index (χ1) is 8.18. The van der Waals surface area contributed by atoms with Gasteiger partial charge in [0.15, 0.2) is 0 Å². The fourth-order valence-corrected chi connectivity index (χ4v) is 3.51. The van der Waals surface area contributed by atoms with Gasteiger partial charge < -0.3 is 0 Å². The molecule has 3 fully saturated rings. The van der Waals surface area contributed by atoms with Gasteiger partial charge in [-0.2, -0.15) is 5.26 Å². The Labute approximate surface area is 104 Å². The molecule has 0 spiro atoms. The molecule has 2 saturated carbocycles. The lowest BCUT2D eigenvalue weighted by molar-refractivity contribution is 0.195. The number of nitrogens with one attached hydrogen (secondary N) is 1. The summed E-state index contributed by atoms with van der Waals surface area (Å²) in [7, 11) is 0. The highest BCUT2D eigenvalue weighted by atomic mass is 15.2. The Hall–Kier alpha value is -0.590. The van der Waals surface area contributed by atoms with Crippen LogP contribution in [-0.2, 0) is 0 Å². The van der Waals surface area contributed by atoms with Crippen LogP contribution in [0.2, 0.25) is 0 Å². The maximum atomic E-state index is 9.34.